The van der Waals surface area contributed by atoms with E-state index in [1.54, 1.807) is 7.11 Å². The van der Waals surface area contributed by atoms with Gasteiger partial charge in [0.05, 0.1) is 5.54 Å². The number of nitrogens with two attached hydrogens (primary N) is 1. The van der Waals surface area contributed by atoms with Gasteiger partial charge in [-0.05, 0) is 19.3 Å². The molecule has 0 radical (unpaired) electrons. The third-order valence-electron chi connectivity index (χ3n) is 2.81. The maximum atomic E-state index is 6.14. The molecule has 2 unspecified atom stereocenters. The molecule has 1 aromatic heterocycles. The normalized spacial score (nSPS) is 17.1. The first-order valence-electron chi connectivity index (χ1n) is 6.08. The third kappa shape index (κ3) is 3.26. The smallest absolute Gasteiger partial charge is 0.246 e. The minimum Gasteiger partial charge on any atom is -0.373 e. The maximum Gasteiger partial charge on any atom is 0.246 e. The van der Waals surface area contributed by atoms with Gasteiger partial charge in [0.2, 0.25) is 11.7 Å². The molecule has 5 heteroatoms. The van der Waals surface area contributed by atoms with E-state index >= 15 is 0 Å². The van der Waals surface area contributed by atoms with E-state index in [0.29, 0.717) is 17.6 Å². The molecule has 0 saturated carbocycles. The number of methoxy groups -OCH3 is 1. The first kappa shape index (κ1) is 14.1. The van der Waals surface area contributed by atoms with Crippen molar-refractivity contribution in [2.75, 3.05) is 7.11 Å². The van der Waals surface area contributed by atoms with Gasteiger partial charge >= 0.3 is 0 Å². The van der Waals surface area contributed by atoms with E-state index in [-0.39, 0.29) is 6.10 Å². The van der Waals surface area contributed by atoms with E-state index in [1.807, 2.05) is 6.92 Å². The van der Waals surface area contributed by atoms with E-state index in [2.05, 4.69) is 30.9 Å². The van der Waals surface area contributed by atoms with Gasteiger partial charge in [-0.1, -0.05) is 32.3 Å². The van der Waals surface area contributed by atoms with Crippen LogP contribution in [0.2, 0.25) is 0 Å². The molecule has 0 aliphatic carbocycles. The monoisotopic (exact) mass is 241 g/mol. The van der Waals surface area contributed by atoms with Crippen molar-refractivity contribution in [2.45, 2.75) is 52.2 Å². The molecule has 0 spiro atoms. The standard InChI is InChI=1S/C12H23N3O2/c1-6-7-12(4,13)11-14-10(15-17-11)9(16-5)8(2)3/h8-9H,6-7,13H2,1-5H3. The van der Waals surface area contributed by atoms with Crippen molar-refractivity contribution < 1.29 is 9.26 Å². The van der Waals surface area contributed by atoms with Crippen LogP contribution < -0.4 is 5.73 Å². The molecule has 1 aromatic rings. The van der Waals surface area contributed by atoms with Gasteiger partial charge in [0.15, 0.2) is 0 Å². The summed E-state index contributed by atoms with van der Waals surface area (Å²) in [5.74, 6) is 1.35. The second kappa shape index (κ2) is 5.60. The zero-order valence-corrected chi connectivity index (χ0v) is 11.4. The second-order valence-electron chi connectivity index (χ2n) is 5.03. The van der Waals surface area contributed by atoms with Gasteiger partial charge in [0, 0.05) is 7.11 Å². The molecule has 98 valence electrons. The molecule has 0 aromatic carbocycles. The van der Waals surface area contributed by atoms with Crippen molar-refractivity contribution >= 4 is 0 Å². The summed E-state index contributed by atoms with van der Waals surface area (Å²) in [6, 6.07) is 0. The molecule has 17 heavy (non-hydrogen) atoms. The van der Waals surface area contributed by atoms with Crippen LogP contribution in [0.5, 0.6) is 0 Å². The Morgan fingerprint density at radius 1 is 1.47 bits per heavy atom. The lowest BCUT2D eigenvalue weighted by molar-refractivity contribution is 0.0555. The van der Waals surface area contributed by atoms with Gasteiger partial charge in [-0.15, -0.1) is 0 Å². The highest BCUT2D eigenvalue weighted by Crippen LogP contribution is 2.26. The van der Waals surface area contributed by atoms with Crippen molar-refractivity contribution in [1.82, 2.24) is 10.1 Å². The average Bonchev–Trinajstić information content (AvgIpc) is 2.68. The second-order valence-corrected chi connectivity index (χ2v) is 5.03. The largest absolute Gasteiger partial charge is 0.373 e. The molecule has 2 N–H and O–H groups in total. The SMILES string of the molecule is CCCC(C)(N)c1nc(C(OC)C(C)C)no1. The van der Waals surface area contributed by atoms with Gasteiger partial charge in [-0.2, -0.15) is 4.98 Å². The molecule has 0 aliphatic heterocycles. The third-order valence-corrected chi connectivity index (χ3v) is 2.81. The Morgan fingerprint density at radius 3 is 2.59 bits per heavy atom. The fraction of sp³-hybridized carbons (Fsp3) is 0.833. The van der Waals surface area contributed by atoms with Crippen LogP contribution in [-0.4, -0.2) is 17.3 Å². The highest BCUT2D eigenvalue weighted by molar-refractivity contribution is 5.01. The molecule has 0 amide bonds. The van der Waals surface area contributed by atoms with E-state index in [0.717, 1.165) is 12.8 Å². The van der Waals surface area contributed by atoms with Crippen LogP contribution in [0.25, 0.3) is 0 Å². The Bertz CT molecular complexity index is 347. The number of aromatic nitrogens is 2. The Hall–Kier alpha value is -0.940. The van der Waals surface area contributed by atoms with Crippen molar-refractivity contribution in [3.63, 3.8) is 0 Å². The van der Waals surface area contributed by atoms with Crippen molar-refractivity contribution in [1.29, 1.82) is 0 Å². The van der Waals surface area contributed by atoms with Gasteiger partial charge in [-0.3, -0.25) is 0 Å². The summed E-state index contributed by atoms with van der Waals surface area (Å²) in [6.07, 6.45) is 1.64. The van der Waals surface area contributed by atoms with Crippen LogP contribution in [0.1, 0.15) is 58.4 Å². The Morgan fingerprint density at radius 2 is 2.12 bits per heavy atom. The highest BCUT2D eigenvalue weighted by Gasteiger charge is 2.29. The van der Waals surface area contributed by atoms with Crippen LogP contribution in [0.4, 0.5) is 0 Å². The van der Waals surface area contributed by atoms with Crippen molar-refractivity contribution in [3.8, 4) is 0 Å². The van der Waals surface area contributed by atoms with Crippen LogP contribution in [0, 0.1) is 5.92 Å². The van der Waals surface area contributed by atoms with Gasteiger partial charge in [0.1, 0.15) is 6.10 Å². The zero-order chi connectivity index (χ0) is 13.1. The zero-order valence-electron chi connectivity index (χ0n) is 11.4. The average molecular weight is 241 g/mol. The molecule has 2 atom stereocenters. The number of hydrogen-bond donors (Lipinski definition) is 1. The van der Waals surface area contributed by atoms with Crippen LogP contribution in [0.15, 0.2) is 4.52 Å². The summed E-state index contributed by atoms with van der Waals surface area (Å²) in [5.41, 5.74) is 5.58. The van der Waals surface area contributed by atoms with Crippen molar-refractivity contribution in [3.05, 3.63) is 11.7 Å². The number of rotatable bonds is 6. The summed E-state index contributed by atoms with van der Waals surface area (Å²) in [7, 11) is 1.65. The number of nitrogens with zero attached hydrogens (tertiary/aromatic N) is 2. The quantitative estimate of drug-likeness (QED) is 0.827. The fourth-order valence-electron chi connectivity index (χ4n) is 1.88. The maximum absolute atomic E-state index is 6.14. The Labute approximate surface area is 103 Å². The van der Waals surface area contributed by atoms with E-state index in [1.165, 1.54) is 0 Å². The molecular formula is C12H23N3O2. The summed E-state index contributed by atoms with van der Waals surface area (Å²) >= 11 is 0. The predicted molar refractivity (Wildman–Crippen MR) is 65.3 cm³/mol. The molecule has 0 saturated heterocycles. The topological polar surface area (TPSA) is 74.2 Å². The fourth-order valence-corrected chi connectivity index (χ4v) is 1.88. The van der Waals surface area contributed by atoms with Crippen molar-refractivity contribution in [2.24, 2.45) is 11.7 Å². The molecule has 0 bridgehead atoms. The van der Waals surface area contributed by atoms with E-state index < -0.39 is 5.54 Å². The summed E-state index contributed by atoms with van der Waals surface area (Å²) in [5, 5.41) is 3.97. The van der Waals surface area contributed by atoms with Crippen LogP contribution in [-0.2, 0) is 10.3 Å². The first-order valence-corrected chi connectivity index (χ1v) is 6.08. The lowest BCUT2D eigenvalue weighted by Crippen LogP contribution is -2.33. The number of ether oxygens (including phenoxy) is 1. The summed E-state index contributed by atoms with van der Waals surface area (Å²) in [6.45, 7) is 8.09. The molecule has 1 rings (SSSR count). The first-order chi connectivity index (χ1) is 7.92. The molecule has 1 heterocycles. The van der Waals surface area contributed by atoms with Crippen LogP contribution >= 0.6 is 0 Å². The molecular weight excluding hydrogens is 218 g/mol. The Balaban J connectivity index is 2.90. The predicted octanol–water partition coefficient (Wildman–Crippen LogP) is 2.39. The van der Waals surface area contributed by atoms with E-state index in [9.17, 15) is 0 Å². The molecule has 5 nitrogen and oxygen atoms in total. The van der Waals surface area contributed by atoms with Gasteiger partial charge < -0.3 is 15.0 Å². The lowest BCUT2D eigenvalue weighted by Gasteiger charge is -2.18. The minimum atomic E-state index is -0.560. The van der Waals surface area contributed by atoms with Gasteiger partial charge in [-0.25, -0.2) is 0 Å². The van der Waals surface area contributed by atoms with E-state index in [4.69, 9.17) is 15.0 Å². The molecule has 0 fully saturated rings. The highest BCUT2D eigenvalue weighted by atomic mass is 16.5. The Kier molecular flexibility index (Phi) is 4.65. The number of hydrogen-bond acceptors (Lipinski definition) is 5. The molecule has 0 aliphatic rings. The summed E-state index contributed by atoms with van der Waals surface area (Å²) in [4.78, 5) is 4.37. The lowest BCUT2D eigenvalue weighted by atomic mass is 9.97. The van der Waals surface area contributed by atoms with Gasteiger partial charge in [0.25, 0.3) is 0 Å². The summed E-state index contributed by atoms with van der Waals surface area (Å²) < 4.78 is 10.6. The van der Waals surface area contributed by atoms with Crippen LogP contribution in [0.3, 0.4) is 0 Å². The minimum absolute atomic E-state index is 0.148.